The van der Waals surface area contributed by atoms with Crippen LogP contribution in [0.2, 0.25) is 0 Å². The Morgan fingerprint density at radius 1 is 1.25 bits per heavy atom. The highest BCUT2D eigenvalue weighted by Gasteiger charge is 2.30. The molecule has 6 nitrogen and oxygen atoms in total. The van der Waals surface area contributed by atoms with E-state index in [0.717, 1.165) is 12.1 Å². The molecule has 1 atom stereocenters. The average Bonchev–Trinajstić information content (AvgIpc) is 3.43. The largest absolute Gasteiger partial charge is 0.459 e. The number of anilines is 1. The molecule has 0 aliphatic rings. The molecule has 11 heteroatoms. The Morgan fingerprint density at radius 2 is 2.06 bits per heavy atom. The summed E-state index contributed by atoms with van der Waals surface area (Å²) in [5.74, 6) is -0.182. The van der Waals surface area contributed by atoms with Crippen LogP contribution < -0.4 is 10.6 Å². The van der Waals surface area contributed by atoms with Gasteiger partial charge in [0.15, 0.2) is 10.9 Å². The average molecular weight is 484 g/mol. The quantitative estimate of drug-likeness (QED) is 0.455. The van der Waals surface area contributed by atoms with Gasteiger partial charge in [0.2, 0.25) is 5.91 Å². The smallest absolute Gasteiger partial charge is 0.416 e. The highest BCUT2D eigenvalue weighted by molar-refractivity contribution is 7.98. The van der Waals surface area contributed by atoms with Crippen molar-refractivity contribution in [1.29, 1.82) is 0 Å². The Hall–Kier alpha value is -2.79. The van der Waals surface area contributed by atoms with Crippen molar-refractivity contribution in [3.8, 4) is 0 Å². The summed E-state index contributed by atoms with van der Waals surface area (Å²) in [5, 5.41) is 5.63. The van der Waals surface area contributed by atoms with Crippen LogP contribution in [-0.2, 0) is 17.4 Å². The zero-order valence-corrected chi connectivity index (χ0v) is 18.6. The van der Waals surface area contributed by atoms with Crippen LogP contribution in [0, 0.1) is 0 Å². The molecule has 0 radical (unpaired) electrons. The molecule has 2 N–H and O–H groups in total. The van der Waals surface area contributed by atoms with Crippen LogP contribution in [0.1, 0.15) is 33.0 Å². The molecule has 0 aliphatic heterocycles. The fourth-order valence-corrected chi connectivity index (χ4v) is 4.16. The van der Waals surface area contributed by atoms with Crippen molar-refractivity contribution in [2.75, 3.05) is 17.3 Å². The number of thioether (sulfide) groups is 1. The molecule has 32 heavy (non-hydrogen) atoms. The van der Waals surface area contributed by atoms with Gasteiger partial charge in [0, 0.05) is 17.5 Å². The van der Waals surface area contributed by atoms with E-state index in [2.05, 4.69) is 15.6 Å². The Labute approximate surface area is 190 Å². The van der Waals surface area contributed by atoms with Crippen molar-refractivity contribution in [1.82, 2.24) is 10.3 Å². The monoisotopic (exact) mass is 483 g/mol. The molecule has 170 valence electrons. The van der Waals surface area contributed by atoms with Crippen molar-refractivity contribution in [3.63, 3.8) is 0 Å². The predicted molar refractivity (Wildman–Crippen MR) is 118 cm³/mol. The zero-order chi connectivity index (χ0) is 23.1. The summed E-state index contributed by atoms with van der Waals surface area (Å²) >= 11 is 2.71. The van der Waals surface area contributed by atoms with Gasteiger partial charge in [-0.05, 0) is 42.2 Å². The van der Waals surface area contributed by atoms with Crippen LogP contribution in [0.3, 0.4) is 0 Å². The van der Waals surface area contributed by atoms with Crippen LogP contribution in [-0.4, -0.2) is 34.8 Å². The third-order valence-electron chi connectivity index (χ3n) is 4.39. The van der Waals surface area contributed by atoms with E-state index in [1.165, 1.54) is 47.7 Å². The lowest BCUT2D eigenvalue weighted by Gasteiger charge is -2.16. The molecule has 2 aromatic heterocycles. The number of furan rings is 1. The molecule has 3 aromatic rings. The van der Waals surface area contributed by atoms with E-state index in [0.29, 0.717) is 27.7 Å². The normalized spacial score (nSPS) is 12.4. The number of carbonyl (C=O) groups excluding carboxylic acids is 2. The van der Waals surface area contributed by atoms with E-state index in [1.54, 1.807) is 12.1 Å². The van der Waals surface area contributed by atoms with Crippen molar-refractivity contribution in [2.45, 2.75) is 25.1 Å². The molecule has 2 amide bonds. The predicted octanol–water partition coefficient (Wildman–Crippen LogP) is 4.84. The topological polar surface area (TPSA) is 84.2 Å². The summed E-state index contributed by atoms with van der Waals surface area (Å²) < 4.78 is 43.8. The standard InChI is InChI=1S/C21H20F3N3O3S2/c1-31-9-7-16(26-19(29)17-6-3-8-30-17)18(28)27-20-25-12-15(32-20)11-13-4-2-5-14(10-13)21(22,23)24/h2-6,8,10,12,16H,7,9,11H2,1H3,(H,26,29)(H,25,27,28). The molecule has 1 aromatic carbocycles. The van der Waals surface area contributed by atoms with Gasteiger partial charge in [0.1, 0.15) is 6.04 Å². The van der Waals surface area contributed by atoms with Gasteiger partial charge in [-0.1, -0.05) is 18.2 Å². The summed E-state index contributed by atoms with van der Waals surface area (Å²) in [6.45, 7) is 0. The van der Waals surface area contributed by atoms with E-state index in [9.17, 15) is 22.8 Å². The number of thiazole rings is 1. The second-order valence-corrected chi connectivity index (χ2v) is 8.88. The first-order valence-electron chi connectivity index (χ1n) is 9.51. The maximum atomic E-state index is 12.9. The maximum absolute atomic E-state index is 12.9. The molecular formula is C21H20F3N3O3S2. The molecule has 0 fully saturated rings. The summed E-state index contributed by atoms with van der Waals surface area (Å²) in [7, 11) is 0. The van der Waals surface area contributed by atoms with Crippen LogP contribution in [0.15, 0.2) is 53.3 Å². The van der Waals surface area contributed by atoms with Crippen LogP contribution in [0.25, 0.3) is 0 Å². The number of nitrogens with one attached hydrogen (secondary N) is 2. The molecule has 0 aliphatic carbocycles. The van der Waals surface area contributed by atoms with Gasteiger partial charge in [0.05, 0.1) is 11.8 Å². The van der Waals surface area contributed by atoms with E-state index in [1.807, 2.05) is 6.26 Å². The van der Waals surface area contributed by atoms with Gasteiger partial charge >= 0.3 is 6.18 Å². The summed E-state index contributed by atoms with van der Waals surface area (Å²) in [6, 6.07) is 7.37. The van der Waals surface area contributed by atoms with Crippen LogP contribution in [0.4, 0.5) is 18.3 Å². The highest BCUT2D eigenvalue weighted by Crippen LogP contribution is 2.30. The molecule has 0 bridgehead atoms. The fourth-order valence-electron chi connectivity index (χ4n) is 2.84. The number of nitrogens with zero attached hydrogens (tertiary/aromatic N) is 1. The van der Waals surface area contributed by atoms with Crippen molar-refractivity contribution >= 4 is 40.0 Å². The maximum Gasteiger partial charge on any atom is 0.416 e. The number of hydrogen-bond donors (Lipinski definition) is 2. The lowest BCUT2D eigenvalue weighted by Crippen LogP contribution is -2.44. The number of carbonyl (C=O) groups is 2. The minimum atomic E-state index is -4.41. The van der Waals surface area contributed by atoms with Gasteiger partial charge in [-0.3, -0.25) is 9.59 Å². The van der Waals surface area contributed by atoms with Crippen molar-refractivity contribution < 1.29 is 27.2 Å². The highest BCUT2D eigenvalue weighted by atomic mass is 32.2. The number of amides is 2. The van der Waals surface area contributed by atoms with Gasteiger partial charge in [-0.15, -0.1) is 11.3 Å². The van der Waals surface area contributed by atoms with Crippen LogP contribution in [0.5, 0.6) is 0 Å². The Morgan fingerprint density at radius 3 is 2.75 bits per heavy atom. The Bertz CT molecular complexity index is 1050. The second kappa shape index (κ2) is 10.7. The third kappa shape index (κ3) is 6.60. The first-order valence-corrected chi connectivity index (χ1v) is 11.7. The molecule has 3 rings (SSSR count). The van der Waals surface area contributed by atoms with Crippen LogP contribution >= 0.6 is 23.1 Å². The van der Waals surface area contributed by atoms with E-state index in [-0.39, 0.29) is 12.2 Å². The Balaban J connectivity index is 1.64. The van der Waals surface area contributed by atoms with Gasteiger partial charge in [-0.25, -0.2) is 4.98 Å². The van der Waals surface area contributed by atoms with E-state index in [4.69, 9.17) is 4.42 Å². The van der Waals surface area contributed by atoms with Crippen molar-refractivity contribution in [3.05, 3.63) is 70.6 Å². The molecule has 1 unspecified atom stereocenters. The first kappa shape index (κ1) is 23.9. The number of hydrogen-bond acceptors (Lipinski definition) is 6. The van der Waals surface area contributed by atoms with Gasteiger partial charge < -0.3 is 15.1 Å². The summed E-state index contributed by atoms with van der Waals surface area (Å²) in [4.78, 5) is 29.8. The minimum absolute atomic E-state index is 0.101. The third-order valence-corrected chi connectivity index (χ3v) is 5.95. The molecule has 0 saturated carbocycles. The summed E-state index contributed by atoms with van der Waals surface area (Å²) in [5.41, 5.74) is -0.220. The molecular weight excluding hydrogens is 463 g/mol. The van der Waals surface area contributed by atoms with Gasteiger partial charge in [-0.2, -0.15) is 24.9 Å². The molecule has 2 heterocycles. The number of alkyl halides is 3. The lowest BCUT2D eigenvalue weighted by atomic mass is 10.1. The molecule has 0 spiro atoms. The number of rotatable bonds is 9. The second-order valence-electron chi connectivity index (χ2n) is 6.78. The fraction of sp³-hybridized carbons (Fsp3) is 0.286. The minimum Gasteiger partial charge on any atom is -0.459 e. The number of benzene rings is 1. The Kier molecular flexibility index (Phi) is 7.97. The van der Waals surface area contributed by atoms with Crippen molar-refractivity contribution in [2.24, 2.45) is 0 Å². The SMILES string of the molecule is CSCCC(NC(=O)c1ccco1)C(=O)Nc1ncc(Cc2cccc(C(F)(F)F)c2)s1. The zero-order valence-electron chi connectivity index (χ0n) is 16.9. The summed E-state index contributed by atoms with van der Waals surface area (Å²) in [6.07, 6.45) is 1.02. The van der Waals surface area contributed by atoms with E-state index >= 15 is 0 Å². The number of halogens is 3. The first-order chi connectivity index (χ1) is 15.3. The molecule has 0 saturated heterocycles. The lowest BCUT2D eigenvalue weighted by molar-refractivity contribution is -0.137. The van der Waals surface area contributed by atoms with Gasteiger partial charge in [0.25, 0.3) is 5.91 Å². The van der Waals surface area contributed by atoms with E-state index < -0.39 is 29.6 Å². The number of aromatic nitrogens is 1.